The summed E-state index contributed by atoms with van der Waals surface area (Å²) in [5, 5.41) is 1.97. The molecule has 4 heteroatoms. The van der Waals surface area contributed by atoms with Gasteiger partial charge in [-0.3, -0.25) is 0 Å². The van der Waals surface area contributed by atoms with Crippen molar-refractivity contribution in [3.05, 3.63) is 59.8 Å². The van der Waals surface area contributed by atoms with Gasteiger partial charge in [0.15, 0.2) is 0 Å². The molecule has 0 spiro atoms. The van der Waals surface area contributed by atoms with E-state index in [4.69, 9.17) is 11.6 Å². The third-order valence-electron chi connectivity index (χ3n) is 3.47. The van der Waals surface area contributed by atoms with Crippen molar-refractivity contribution in [2.75, 3.05) is 5.75 Å². The fourth-order valence-electron chi connectivity index (χ4n) is 2.35. The number of fused-ring (bicyclic) bond motifs is 1. The number of rotatable bonds is 4. The zero-order valence-electron chi connectivity index (χ0n) is 11.7. The van der Waals surface area contributed by atoms with Crippen LogP contribution >= 0.6 is 36.0 Å². The summed E-state index contributed by atoms with van der Waals surface area (Å²) < 4.78 is 2.28. The Morgan fingerprint density at radius 1 is 1.19 bits per heavy atom. The highest BCUT2D eigenvalue weighted by Crippen LogP contribution is 2.37. The smallest absolute Gasteiger partial charge is 0.0495 e. The Bertz CT molecular complexity index is 752. The minimum atomic E-state index is 0.349. The second kappa shape index (κ2) is 6.39. The average molecular weight is 334 g/mol. The van der Waals surface area contributed by atoms with Crippen LogP contribution < -0.4 is 0 Å². The molecule has 1 aromatic heterocycles. The Kier molecular flexibility index (Phi) is 4.53. The largest absolute Gasteiger partial charge is 0.343 e. The van der Waals surface area contributed by atoms with E-state index in [0.29, 0.717) is 6.04 Å². The van der Waals surface area contributed by atoms with E-state index < -0.39 is 0 Å². The average Bonchev–Trinajstić information content (AvgIpc) is 2.85. The van der Waals surface area contributed by atoms with E-state index >= 15 is 0 Å². The third kappa shape index (κ3) is 3.10. The van der Waals surface area contributed by atoms with Gasteiger partial charge in [-0.1, -0.05) is 41.6 Å². The summed E-state index contributed by atoms with van der Waals surface area (Å²) in [6, 6.07) is 16.8. The number of aromatic nitrogens is 1. The summed E-state index contributed by atoms with van der Waals surface area (Å²) in [4.78, 5) is 2.46. The Morgan fingerprint density at radius 3 is 2.67 bits per heavy atom. The van der Waals surface area contributed by atoms with Crippen LogP contribution in [0.15, 0.2) is 64.5 Å². The molecule has 2 aromatic carbocycles. The summed E-state index contributed by atoms with van der Waals surface area (Å²) in [6.45, 7) is 2.18. The first-order valence-corrected chi connectivity index (χ1v) is 8.65. The molecule has 3 rings (SSSR count). The quantitative estimate of drug-likeness (QED) is 0.579. The maximum absolute atomic E-state index is 6.18. The van der Waals surface area contributed by atoms with E-state index in [2.05, 4.69) is 60.6 Å². The molecule has 0 aliphatic heterocycles. The van der Waals surface area contributed by atoms with Crippen LogP contribution in [0.5, 0.6) is 0 Å². The second-order valence-corrected chi connectivity index (χ2v) is 6.93. The lowest BCUT2D eigenvalue weighted by Gasteiger charge is -2.11. The normalized spacial score (nSPS) is 12.7. The topological polar surface area (TPSA) is 4.93 Å². The van der Waals surface area contributed by atoms with E-state index in [1.54, 1.807) is 11.8 Å². The van der Waals surface area contributed by atoms with Crippen molar-refractivity contribution in [1.82, 2.24) is 4.57 Å². The van der Waals surface area contributed by atoms with Crippen molar-refractivity contribution in [1.29, 1.82) is 0 Å². The van der Waals surface area contributed by atoms with Crippen LogP contribution in [-0.4, -0.2) is 10.3 Å². The van der Waals surface area contributed by atoms with Crippen LogP contribution in [0.4, 0.5) is 0 Å². The van der Waals surface area contributed by atoms with Gasteiger partial charge >= 0.3 is 0 Å². The Labute approximate surface area is 139 Å². The van der Waals surface area contributed by atoms with Gasteiger partial charge in [-0.05, 0) is 37.3 Å². The molecule has 1 unspecified atom stereocenters. The van der Waals surface area contributed by atoms with Crippen LogP contribution in [0.3, 0.4) is 0 Å². The molecule has 0 radical (unpaired) electrons. The van der Waals surface area contributed by atoms with Gasteiger partial charge in [0.1, 0.15) is 0 Å². The van der Waals surface area contributed by atoms with Gasteiger partial charge in [0.05, 0.1) is 0 Å². The van der Waals surface area contributed by atoms with Crippen molar-refractivity contribution in [2.24, 2.45) is 0 Å². The van der Waals surface area contributed by atoms with Crippen molar-refractivity contribution < 1.29 is 0 Å². The van der Waals surface area contributed by atoms with Crippen LogP contribution in [0.1, 0.15) is 13.0 Å². The molecule has 108 valence electrons. The van der Waals surface area contributed by atoms with E-state index in [1.807, 2.05) is 18.2 Å². The lowest BCUT2D eigenvalue weighted by Crippen LogP contribution is -2.04. The number of benzene rings is 2. The van der Waals surface area contributed by atoms with Gasteiger partial charge in [0, 0.05) is 43.7 Å². The summed E-state index contributed by atoms with van der Waals surface area (Å²) >= 11 is 12.4. The maximum Gasteiger partial charge on any atom is 0.0495 e. The molecule has 0 fully saturated rings. The van der Waals surface area contributed by atoms with Crippen LogP contribution in [0, 0.1) is 0 Å². The van der Waals surface area contributed by atoms with Crippen molar-refractivity contribution in [2.45, 2.75) is 22.8 Å². The van der Waals surface area contributed by atoms with E-state index in [1.165, 1.54) is 20.7 Å². The molecule has 1 nitrogen and oxygen atoms in total. The molecule has 21 heavy (non-hydrogen) atoms. The molecule has 0 bridgehead atoms. The second-order valence-electron chi connectivity index (χ2n) is 5.01. The molecule has 0 aliphatic carbocycles. The number of hydrogen-bond donors (Lipinski definition) is 1. The molecular formula is C17H16ClNS2. The molecule has 0 saturated carbocycles. The van der Waals surface area contributed by atoms with E-state index in [9.17, 15) is 0 Å². The fraction of sp³-hybridized carbons (Fsp3) is 0.176. The Hall–Kier alpha value is -1.03. The molecule has 0 aliphatic rings. The molecule has 0 amide bonds. The lowest BCUT2D eigenvalue weighted by atomic mass is 10.2. The minimum Gasteiger partial charge on any atom is -0.343 e. The Morgan fingerprint density at radius 2 is 1.95 bits per heavy atom. The highest BCUT2D eigenvalue weighted by Gasteiger charge is 2.13. The van der Waals surface area contributed by atoms with Gasteiger partial charge in [0.25, 0.3) is 0 Å². The number of halogens is 1. The van der Waals surface area contributed by atoms with Crippen molar-refractivity contribution in [3.8, 4) is 0 Å². The predicted octanol–water partition coefficient (Wildman–Crippen LogP) is 5.94. The standard InChI is InChI=1S/C17H16ClNS2/c1-12(11-20)19-10-17(21-14-5-3-2-4-6-14)15-9-13(18)7-8-16(15)19/h2-10,12,20H,11H2,1H3. The molecular weight excluding hydrogens is 318 g/mol. The van der Waals surface area contributed by atoms with Gasteiger partial charge in [-0.25, -0.2) is 0 Å². The Balaban J connectivity index is 2.11. The first-order chi connectivity index (χ1) is 10.2. The SMILES string of the molecule is CC(CS)n1cc(Sc2ccccc2)c2cc(Cl)ccc21. The van der Waals surface area contributed by atoms with Crippen LogP contribution in [0.2, 0.25) is 5.02 Å². The predicted molar refractivity (Wildman–Crippen MR) is 96.1 cm³/mol. The monoisotopic (exact) mass is 333 g/mol. The molecule has 1 heterocycles. The number of thiol groups is 1. The van der Waals surface area contributed by atoms with E-state index in [0.717, 1.165) is 10.8 Å². The summed E-state index contributed by atoms with van der Waals surface area (Å²) in [7, 11) is 0. The van der Waals surface area contributed by atoms with Gasteiger partial charge in [0.2, 0.25) is 0 Å². The summed E-state index contributed by atoms with van der Waals surface area (Å²) in [5.41, 5.74) is 1.21. The highest BCUT2D eigenvalue weighted by atomic mass is 35.5. The minimum absolute atomic E-state index is 0.349. The zero-order valence-corrected chi connectivity index (χ0v) is 14.1. The third-order valence-corrected chi connectivity index (χ3v) is 5.29. The maximum atomic E-state index is 6.18. The van der Waals surface area contributed by atoms with Crippen molar-refractivity contribution in [3.63, 3.8) is 0 Å². The molecule has 0 saturated heterocycles. The first kappa shape index (κ1) is 14.9. The van der Waals surface area contributed by atoms with Gasteiger partial charge in [-0.2, -0.15) is 12.6 Å². The molecule has 3 aromatic rings. The van der Waals surface area contributed by atoms with Crippen LogP contribution in [0.25, 0.3) is 10.9 Å². The highest BCUT2D eigenvalue weighted by molar-refractivity contribution is 7.99. The number of hydrogen-bond acceptors (Lipinski definition) is 2. The zero-order chi connectivity index (χ0) is 14.8. The lowest BCUT2D eigenvalue weighted by molar-refractivity contribution is 0.631. The molecule has 1 atom stereocenters. The van der Waals surface area contributed by atoms with Crippen molar-refractivity contribution >= 4 is 46.9 Å². The van der Waals surface area contributed by atoms with Gasteiger partial charge in [-0.15, -0.1) is 0 Å². The summed E-state index contributed by atoms with van der Waals surface area (Å²) in [6.07, 6.45) is 2.21. The first-order valence-electron chi connectivity index (χ1n) is 6.83. The molecule has 0 N–H and O–H groups in total. The van der Waals surface area contributed by atoms with Crippen LogP contribution in [-0.2, 0) is 0 Å². The van der Waals surface area contributed by atoms with E-state index in [-0.39, 0.29) is 0 Å². The summed E-state index contributed by atoms with van der Waals surface area (Å²) in [5.74, 6) is 0.807. The number of nitrogens with zero attached hydrogens (tertiary/aromatic N) is 1. The van der Waals surface area contributed by atoms with Gasteiger partial charge < -0.3 is 4.57 Å². The fourth-order valence-corrected chi connectivity index (χ4v) is 3.68.